The number of esters is 2. The van der Waals surface area contributed by atoms with Crippen molar-refractivity contribution >= 4 is 23.9 Å². The number of unbranched alkanes of at least 4 members (excludes halogenated alkanes) is 27. The molecule has 2 atom stereocenters. The normalized spacial score (nSPS) is 12.2. The third-order valence-corrected chi connectivity index (χ3v) is 14.3. The third kappa shape index (κ3) is 48.6. The van der Waals surface area contributed by atoms with E-state index >= 15 is 0 Å². The van der Waals surface area contributed by atoms with Crippen molar-refractivity contribution < 1.29 is 52.3 Å². The summed E-state index contributed by atoms with van der Waals surface area (Å²) in [6.07, 6.45) is 45.1. The monoisotopic (exact) mass is 1110 g/mol. The number of rotatable bonds is 60. The molecule has 0 fully saturated rings. The van der Waals surface area contributed by atoms with Crippen LogP contribution in [0.15, 0.2) is 12.5 Å². The molecule has 1 aromatic heterocycles. The summed E-state index contributed by atoms with van der Waals surface area (Å²) in [4.78, 5) is 56.9. The summed E-state index contributed by atoms with van der Waals surface area (Å²) in [6, 6.07) is 0. The van der Waals surface area contributed by atoms with Gasteiger partial charge in [-0.15, -0.1) is 0 Å². The molecule has 78 heavy (non-hydrogen) atoms. The molecular weight excluding hydrogens is 989 g/mol. The van der Waals surface area contributed by atoms with E-state index in [1.54, 1.807) is 0 Å². The van der Waals surface area contributed by atoms with Gasteiger partial charge in [0, 0.05) is 45.3 Å². The predicted molar refractivity (Wildman–Crippen MR) is 315 cm³/mol. The second kappa shape index (κ2) is 57.0. The largest absolute Gasteiger partial charge is 0.462 e. The first-order chi connectivity index (χ1) is 38.3. The lowest BCUT2D eigenvalue weighted by Gasteiger charge is -2.19. The van der Waals surface area contributed by atoms with Crippen LogP contribution in [0.4, 0.5) is 4.79 Å². The van der Waals surface area contributed by atoms with E-state index in [1.807, 2.05) is 0 Å². The van der Waals surface area contributed by atoms with E-state index in [9.17, 15) is 19.2 Å². The lowest BCUT2D eigenvalue weighted by Crippen LogP contribution is -2.33. The summed E-state index contributed by atoms with van der Waals surface area (Å²) in [7, 11) is 0. The van der Waals surface area contributed by atoms with Gasteiger partial charge in [-0.25, -0.2) is 9.78 Å². The van der Waals surface area contributed by atoms with E-state index in [1.165, 1.54) is 135 Å². The summed E-state index contributed by atoms with van der Waals surface area (Å²) < 4.78 is 41.0. The molecule has 0 aliphatic rings. The van der Waals surface area contributed by atoms with Crippen LogP contribution in [0, 0.1) is 0 Å². The highest BCUT2D eigenvalue weighted by molar-refractivity contribution is 5.91. The molecular formula is C63H118N4O11. The van der Waals surface area contributed by atoms with Crippen molar-refractivity contribution in [3.05, 3.63) is 18.2 Å². The standard InChI is InChI=1S/C63H118N4O11/c1-5-9-13-17-23-31-39-56(38-30-22-16-12-8-4)77-60(68)42-34-26-20-28-36-46-74-53-58(54-76-63(71)66-45-49-73-51-50-72-48-44-65-62(70)59-52-64-55-67-59)75-47-37-29-21-27-35-43-61(69)78-57(40-32-24-18-14-10-6-2)41-33-25-19-15-11-7-3/h52,55-58H,5-51,53-54H2,1-4H3,(H,64,67)(H,65,70)(H,66,71). The van der Waals surface area contributed by atoms with Crippen LogP contribution < -0.4 is 10.6 Å². The van der Waals surface area contributed by atoms with E-state index in [0.717, 1.165) is 116 Å². The Morgan fingerprint density at radius 3 is 1.29 bits per heavy atom. The van der Waals surface area contributed by atoms with Crippen molar-refractivity contribution in [3.63, 3.8) is 0 Å². The number of nitrogens with one attached hydrogen (secondary N) is 3. The summed E-state index contributed by atoms with van der Waals surface area (Å²) >= 11 is 0. The number of amides is 2. The second-order valence-corrected chi connectivity index (χ2v) is 21.7. The van der Waals surface area contributed by atoms with Crippen LogP contribution in [0.2, 0.25) is 0 Å². The molecule has 0 spiro atoms. The van der Waals surface area contributed by atoms with Crippen molar-refractivity contribution in [3.8, 4) is 0 Å². The molecule has 0 aliphatic carbocycles. The fourth-order valence-electron chi connectivity index (χ4n) is 9.44. The average Bonchev–Trinajstić information content (AvgIpc) is 3.99. The number of hydrogen-bond acceptors (Lipinski definition) is 12. The first-order valence-electron chi connectivity index (χ1n) is 32.2. The van der Waals surface area contributed by atoms with Crippen LogP contribution in [-0.2, 0) is 42.7 Å². The Morgan fingerprint density at radius 1 is 0.436 bits per heavy atom. The molecule has 0 radical (unpaired) electrons. The van der Waals surface area contributed by atoms with Gasteiger partial charge in [0.25, 0.3) is 5.91 Å². The van der Waals surface area contributed by atoms with Gasteiger partial charge in [-0.3, -0.25) is 14.4 Å². The Balaban J connectivity index is 2.45. The molecule has 2 amide bonds. The maximum absolute atomic E-state index is 12.9. The summed E-state index contributed by atoms with van der Waals surface area (Å²) in [6.45, 7) is 12.4. The molecule has 2 unspecified atom stereocenters. The number of H-pyrrole nitrogens is 1. The molecule has 15 heteroatoms. The van der Waals surface area contributed by atoms with Crippen LogP contribution in [0.1, 0.15) is 289 Å². The molecule has 0 saturated heterocycles. The number of carbonyl (C=O) groups is 4. The minimum atomic E-state index is -0.551. The lowest BCUT2D eigenvalue weighted by atomic mass is 10.0. The van der Waals surface area contributed by atoms with Gasteiger partial charge in [0.05, 0.1) is 39.4 Å². The van der Waals surface area contributed by atoms with Crippen LogP contribution in [0.25, 0.3) is 0 Å². The number of alkyl carbamates (subject to hydrolysis) is 1. The number of ether oxygens (including phenoxy) is 7. The van der Waals surface area contributed by atoms with E-state index in [0.29, 0.717) is 71.3 Å². The number of aromatic amines is 1. The van der Waals surface area contributed by atoms with Crippen molar-refractivity contribution in [1.82, 2.24) is 20.6 Å². The van der Waals surface area contributed by atoms with Gasteiger partial charge in [-0.05, 0) is 77.0 Å². The molecule has 1 heterocycles. The van der Waals surface area contributed by atoms with Gasteiger partial charge in [0.1, 0.15) is 30.6 Å². The number of nitrogens with zero attached hydrogens (tertiary/aromatic N) is 1. The van der Waals surface area contributed by atoms with Gasteiger partial charge in [-0.1, -0.05) is 188 Å². The van der Waals surface area contributed by atoms with Crippen LogP contribution in [0.3, 0.4) is 0 Å². The highest BCUT2D eigenvalue weighted by Gasteiger charge is 2.17. The zero-order valence-electron chi connectivity index (χ0n) is 50.5. The minimum Gasteiger partial charge on any atom is -0.462 e. The fraction of sp³-hybridized carbons (Fsp3) is 0.889. The number of imidazole rings is 1. The number of carbonyl (C=O) groups excluding carboxylic acids is 4. The van der Waals surface area contributed by atoms with Crippen LogP contribution in [-0.4, -0.2) is 118 Å². The molecule has 15 nitrogen and oxygen atoms in total. The average molecular weight is 1110 g/mol. The second-order valence-electron chi connectivity index (χ2n) is 21.7. The van der Waals surface area contributed by atoms with Gasteiger partial charge in [0.15, 0.2) is 0 Å². The zero-order chi connectivity index (χ0) is 56.5. The Morgan fingerprint density at radius 2 is 0.846 bits per heavy atom. The lowest BCUT2D eigenvalue weighted by molar-refractivity contribution is -0.151. The summed E-state index contributed by atoms with van der Waals surface area (Å²) in [5, 5.41) is 5.46. The topological polar surface area (TPSA) is 186 Å². The van der Waals surface area contributed by atoms with E-state index in [-0.39, 0.29) is 43.2 Å². The van der Waals surface area contributed by atoms with Crippen molar-refractivity contribution in [2.45, 2.75) is 296 Å². The number of hydrogen-bond donors (Lipinski definition) is 3. The smallest absolute Gasteiger partial charge is 0.407 e. The zero-order valence-corrected chi connectivity index (χ0v) is 50.5. The van der Waals surface area contributed by atoms with Gasteiger partial charge >= 0.3 is 18.0 Å². The molecule has 3 N–H and O–H groups in total. The van der Waals surface area contributed by atoms with Gasteiger partial charge in [-0.2, -0.15) is 0 Å². The Kier molecular flexibility index (Phi) is 53.1. The molecule has 1 rings (SSSR count). The summed E-state index contributed by atoms with van der Waals surface area (Å²) in [5.74, 6) is -0.353. The van der Waals surface area contributed by atoms with Crippen molar-refractivity contribution in [2.24, 2.45) is 0 Å². The first-order valence-corrected chi connectivity index (χ1v) is 32.2. The minimum absolute atomic E-state index is 0.0411. The molecule has 1 aromatic rings. The summed E-state index contributed by atoms with van der Waals surface area (Å²) in [5.41, 5.74) is 0.325. The SMILES string of the molecule is CCCCCCCCC(CCCCCCC)OC(=O)CCCCCCCOCC(COC(=O)NCCOCCOCCNC(=O)c1c[nH]cn1)OCCCCCCCC(=O)OC(CCCCCCCC)CCCCCCCC. The van der Waals surface area contributed by atoms with E-state index < -0.39 is 12.2 Å². The Bertz CT molecular complexity index is 1450. The fourth-order valence-corrected chi connectivity index (χ4v) is 9.44. The third-order valence-electron chi connectivity index (χ3n) is 14.3. The maximum Gasteiger partial charge on any atom is 0.407 e. The molecule has 0 saturated carbocycles. The predicted octanol–water partition coefficient (Wildman–Crippen LogP) is 15.4. The van der Waals surface area contributed by atoms with E-state index in [4.69, 9.17) is 33.2 Å². The Labute approximate surface area is 475 Å². The van der Waals surface area contributed by atoms with Gasteiger partial charge < -0.3 is 48.8 Å². The highest BCUT2D eigenvalue weighted by atomic mass is 16.6. The highest BCUT2D eigenvalue weighted by Crippen LogP contribution is 2.20. The molecule has 0 aliphatic heterocycles. The first kappa shape index (κ1) is 72.7. The van der Waals surface area contributed by atoms with Crippen LogP contribution in [0.5, 0.6) is 0 Å². The quantitative estimate of drug-likeness (QED) is 0.0319. The van der Waals surface area contributed by atoms with E-state index in [2.05, 4.69) is 48.3 Å². The Hall–Kier alpha value is -3.27. The number of aromatic nitrogens is 2. The molecule has 0 aromatic carbocycles. The van der Waals surface area contributed by atoms with Crippen molar-refractivity contribution in [2.75, 3.05) is 65.9 Å². The van der Waals surface area contributed by atoms with Crippen molar-refractivity contribution in [1.29, 1.82) is 0 Å². The van der Waals surface area contributed by atoms with Crippen LogP contribution >= 0.6 is 0 Å². The maximum atomic E-state index is 12.9. The molecule has 0 bridgehead atoms. The van der Waals surface area contributed by atoms with Gasteiger partial charge in [0.2, 0.25) is 0 Å². The molecule has 456 valence electrons.